The molecule has 0 radical (unpaired) electrons. The van der Waals surface area contributed by atoms with Gasteiger partial charge in [-0.05, 0) is 36.4 Å². The molecule has 1 amide bonds. The maximum absolute atomic E-state index is 14.2. The second-order valence-corrected chi connectivity index (χ2v) is 8.73. The van der Waals surface area contributed by atoms with Crippen molar-refractivity contribution in [2.75, 3.05) is 31.1 Å². The number of benzene rings is 3. The Labute approximate surface area is 194 Å². The Morgan fingerprint density at radius 2 is 1.56 bits per heavy atom. The van der Waals surface area contributed by atoms with Crippen molar-refractivity contribution in [3.05, 3.63) is 94.7 Å². The molecule has 4 nitrogen and oxygen atoms in total. The number of hydrogen-bond donors (Lipinski definition) is 0. The van der Waals surface area contributed by atoms with Gasteiger partial charge in [-0.3, -0.25) is 4.79 Å². The number of halogens is 2. The second-order valence-electron chi connectivity index (χ2n) is 7.81. The maximum atomic E-state index is 14.2. The van der Waals surface area contributed by atoms with E-state index >= 15 is 0 Å². The fourth-order valence-corrected chi connectivity index (χ4v) is 4.41. The minimum absolute atomic E-state index is 0.0184. The summed E-state index contributed by atoms with van der Waals surface area (Å²) in [6.45, 7) is 2.26. The van der Waals surface area contributed by atoms with Crippen LogP contribution in [-0.4, -0.2) is 42.0 Å². The lowest BCUT2D eigenvalue weighted by Crippen LogP contribution is -2.49. The molecule has 32 heavy (non-hydrogen) atoms. The van der Waals surface area contributed by atoms with Gasteiger partial charge in [0.05, 0.1) is 22.5 Å². The number of pyridine rings is 1. The van der Waals surface area contributed by atoms with Gasteiger partial charge >= 0.3 is 0 Å². The number of anilines is 1. The van der Waals surface area contributed by atoms with Crippen LogP contribution in [0, 0.1) is 5.82 Å². The molecule has 5 rings (SSSR count). The molecule has 3 aromatic carbocycles. The van der Waals surface area contributed by atoms with Crippen LogP contribution >= 0.6 is 15.9 Å². The van der Waals surface area contributed by atoms with Crippen LogP contribution < -0.4 is 4.90 Å². The van der Waals surface area contributed by atoms with Crippen molar-refractivity contribution in [3.63, 3.8) is 0 Å². The highest BCUT2D eigenvalue weighted by Crippen LogP contribution is 2.28. The number of carbonyl (C=O) groups excluding carboxylic acids is 1. The van der Waals surface area contributed by atoms with Gasteiger partial charge in [0.25, 0.3) is 5.91 Å². The minimum atomic E-state index is -0.230. The van der Waals surface area contributed by atoms with Gasteiger partial charge in [-0.25, -0.2) is 9.37 Å². The van der Waals surface area contributed by atoms with E-state index in [-0.39, 0.29) is 11.7 Å². The van der Waals surface area contributed by atoms with E-state index in [1.807, 2.05) is 70.5 Å². The van der Waals surface area contributed by atoms with Gasteiger partial charge in [-0.2, -0.15) is 0 Å². The van der Waals surface area contributed by atoms with Crippen LogP contribution in [0.2, 0.25) is 0 Å². The normalized spacial score (nSPS) is 14.1. The van der Waals surface area contributed by atoms with E-state index in [0.29, 0.717) is 37.4 Å². The van der Waals surface area contributed by atoms with Crippen LogP contribution in [0.5, 0.6) is 0 Å². The topological polar surface area (TPSA) is 36.4 Å². The molecule has 0 aliphatic carbocycles. The first-order chi connectivity index (χ1) is 15.6. The molecule has 1 aliphatic rings. The van der Waals surface area contributed by atoms with Crippen LogP contribution in [0.15, 0.2) is 83.3 Å². The van der Waals surface area contributed by atoms with Crippen molar-refractivity contribution >= 4 is 38.4 Å². The summed E-state index contributed by atoms with van der Waals surface area (Å²) in [5, 5.41) is 0.842. The third-order valence-corrected chi connectivity index (χ3v) is 6.38. The number of aromatic nitrogens is 1. The van der Waals surface area contributed by atoms with E-state index in [1.165, 1.54) is 6.07 Å². The summed E-state index contributed by atoms with van der Waals surface area (Å²) in [6, 6.07) is 24.3. The fraction of sp³-hybridized carbons (Fsp3) is 0.154. The minimum Gasteiger partial charge on any atom is -0.366 e. The summed E-state index contributed by atoms with van der Waals surface area (Å²) in [6.07, 6.45) is 0. The van der Waals surface area contributed by atoms with E-state index < -0.39 is 0 Å². The van der Waals surface area contributed by atoms with E-state index in [1.54, 1.807) is 12.1 Å². The van der Waals surface area contributed by atoms with Gasteiger partial charge in [0.1, 0.15) is 5.82 Å². The number of rotatable bonds is 3. The Bertz CT molecular complexity index is 1280. The zero-order valence-electron chi connectivity index (χ0n) is 17.3. The molecule has 1 aliphatic heterocycles. The molecule has 0 saturated carbocycles. The molecule has 4 aromatic rings. The highest BCUT2D eigenvalue weighted by atomic mass is 79.9. The smallest absolute Gasteiger partial charge is 0.254 e. The summed E-state index contributed by atoms with van der Waals surface area (Å²) in [7, 11) is 0. The van der Waals surface area contributed by atoms with Crippen molar-refractivity contribution < 1.29 is 9.18 Å². The Kier molecular flexibility index (Phi) is 5.62. The van der Waals surface area contributed by atoms with Crippen LogP contribution in [0.4, 0.5) is 10.1 Å². The number of fused-ring (bicyclic) bond motifs is 1. The average molecular weight is 490 g/mol. The van der Waals surface area contributed by atoms with Crippen molar-refractivity contribution in [1.82, 2.24) is 9.88 Å². The Balaban J connectivity index is 1.44. The van der Waals surface area contributed by atoms with Crippen LogP contribution in [0.3, 0.4) is 0 Å². The number of para-hydroxylation sites is 2. The number of amides is 1. The fourth-order valence-electron chi connectivity index (χ4n) is 4.15. The van der Waals surface area contributed by atoms with Crippen molar-refractivity contribution in [1.29, 1.82) is 0 Å². The second kappa shape index (κ2) is 8.71. The molecule has 1 aromatic heterocycles. The first-order valence-corrected chi connectivity index (χ1v) is 11.3. The Morgan fingerprint density at radius 3 is 2.31 bits per heavy atom. The molecule has 0 bridgehead atoms. The van der Waals surface area contributed by atoms with Crippen molar-refractivity contribution in [2.24, 2.45) is 0 Å². The monoisotopic (exact) mass is 489 g/mol. The van der Waals surface area contributed by atoms with E-state index in [0.717, 1.165) is 26.6 Å². The van der Waals surface area contributed by atoms with Crippen molar-refractivity contribution in [2.45, 2.75) is 0 Å². The molecule has 2 heterocycles. The number of carbonyl (C=O) groups is 1. The predicted molar refractivity (Wildman–Crippen MR) is 129 cm³/mol. The molecular weight excluding hydrogens is 469 g/mol. The zero-order chi connectivity index (χ0) is 22.1. The highest BCUT2D eigenvalue weighted by molar-refractivity contribution is 9.10. The van der Waals surface area contributed by atoms with Gasteiger partial charge in [-0.1, -0.05) is 58.4 Å². The number of piperazine rings is 1. The first kappa shape index (κ1) is 20.6. The molecule has 0 N–H and O–H groups in total. The summed E-state index contributed by atoms with van der Waals surface area (Å²) in [5.74, 6) is -0.248. The molecule has 0 atom stereocenters. The molecular formula is C26H21BrFN3O. The third kappa shape index (κ3) is 3.98. The standard InChI is InChI=1S/C26H21BrFN3O/c27-19-11-9-18(10-12-19)24-17-21(20-5-1-3-7-23(20)29-24)26(32)31-15-13-30(14-16-31)25-8-4-2-6-22(25)28/h1-12,17H,13-16H2. The largest absolute Gasteiger partial charge is 0.366 e. The van der Waals surface area contributed by atoms with Crippen LogP contribution in [0.1, 0.15) is 10.4 Å². The zero-order valence-corrected chi connectivity index (χ0v) is 18.9. The van der Waals surface area contributed by atoms with Gasteiger partial charge < -0.3 is 9.80 Å². The lowest BCUT2D eigenvalue weighted by molar-refractivity contribution is 0.0748. The van der Waals surface area contributed by atoms with Gasteiger partial charge in [0.2, 0.25) is 0 Å². The molecule has 1 fully saturated rings. The summed E-state index contributed by atoms with van der Waals surface area (Å²) < 4.78 is 15.2. The Hall–Kier alpha value is -3.25. The van der Waals surface area contributed by atoms with E-state index in [4.69, 9.17) is 4.98 Å². The van der Waals surface area contributed by atoms with Crippen molar-refractivity contribution in [3.8, 4) is 11.3 Å². The Morgan fingerprint density at radius 1 is 0.875 bits per heavy atom. The lowest BCUT2D eigenvalue weighted by atomic mass is 10.0. The number of hydrogen-bond acceptors (Lipinski definition) is 3. The SMILES string of the molecule is O=C(c1cc(-c2ccc(Br)cc2)nc2ccccc12)N1CCN(c2ccccc2F)CC1. The quantitative estimate of drug-likeness (QED) is 0.366. The summed E-state index contributed by atoms with van der Waals surface area (Å²) in [5.41, 5.74) is 3.75. The van der Waals surface area contributed by atoms with Gasteiger partial charge in [0, 0.05) is 41.6 Å². The van der Waals surface area contributed by atoms with Gasteiger partial charge in [0.15, 0.2) is 0 Å². The highest BCUT2D eigenvalue weighted by Gasteiger charge is 2.25. The third-order valence-electron chi connectivity index (χ3n) is 5.85. The molecule has 0 unspecified atom stereocenters. The van der Waals surface area contributed by atoms with Gasteiger partial charge in [-0.15, -0.1) is 0 Å². The predicted octanol–water partition coefficient (Wildman–Crippen LogP) is 5.77. The molecule has 160 valence electrons. The van der Waals surface area contributed by atoms with E-state index in [2.05, 4.69) is 15.9 Å². The number of nitrogens with zero attached hydrogens (tertiary/aromatic N) is 3. The molecule has 6 heteroatoms. The van der Waals surface area contributed by atoms with Crippen LogP contribution in [-0.2, 0) is 0 Å². The molecule has 0 spiro atoms. The van der Waals surface area contributed by atoms with Crippen LogP contribution in [0.25, 0.3) is 22.2 Å². The maximum Gasteiger partial charge on any atom is 0.254 e. The van der Waals surface area contributed by atoms with E-state index in [9.17, 15) is 9.18 Å². The first-order valence-electron chi connectivity index (χ1n) is 10.5. The lowest BCUT2D eigenvalue weighted by Gasteiger charge is -2.36. The summed E-state index contributed by atoms with van der Waals surface area (Å²) >= 11 is 3.47. The average Bonchev–Trinajstić information content (AvgIpc) is 2.84. The molecule has 1 saturated heterocycles. The summed E-state index contributed by atoms with van der Waals surface area (Å²) in [4.78, 5) is 22.2.